The third kappa shape index (κ3) is 1.94. The number of H-pyrrole nitrogens is 1. The van der Waals surface area contributed by atoms with E-state index in [-0.39, 0.29) is 23.2 Å². The molecule has 2 heterocycles. The number of hydrogen-bond donors (Lipinski definition) is 1. The number of aromatic amines is 1. The summed E-state index contributed by atoms with van der Waals surface area (Å²) < 4.78 is 6.79. The van der Waals surface area contributed by atoms with Crippen LogP contribution in [0.25, 0.3) is 11.0 Å². The van der Waals surface area contributed by atoms with Crippen molar-refractivity contribution in [2.24, 2.45) is 14.1 Å². The van der Waals surface area contributed by atoms with E-state index in [1.807, 2.05) is 0 Å². The lowest BCUT2D eigenvalue weighted by atomic mass is 10.2. The molecular formula is C12H13N3O5. The third-order valence-electron chi connectivity index (χ3n) is 2.95. The summed E-state index contributed by atoms with van der Waals surface area (Å²) in [5, 5.41) is -0.0485. The molecule has 0 radical (unpaired) electrons. The molecule has 1 N–H and O–H groups in total. The first-order chi connectivity index (χ1) is 9.38. The lowest BCUT2D eigenvalue weighted by molar-refractivity contribution is 0.0528. The fraction of sp³-hybridized carbons (Fsp3) is 0.333. The predicted octanol–water partition coefficient (Wildman–Crippen LogP) is -0.898. The minimum absolute atomic E-state index is 0.00588. The van der Waals surface area contributed by atoms with Gasteiger partial charge in [0.25, 0.3) is 5.56 Å². The summed E-state index contributed by atoms with van der Waals surface area (Å²) in [7, 11) is 2.69. The summed E-state index contributed by atoms with van der Waals surface area (Å²) in [6.07, 6.45) is 0. The summed E-state index contributed by atoms with van der Waals surface area (Å²) in [5.41, 5.74) is -2.01. The maximum atomic E-state index is 12.2. The SMILES string of the molecule is CCOC(=O)c1cc(=O)[nH]c2c1c(=O)n(C)c(=O)n2C. The average Bonchev–Trinajstić information content (AvgIpc) is 2.42. The zero-order valence-corrected chi connectivity index (χ0v) is 11.2. The molecule has 0 saturated heterocycles. The molecule has 20 heavy (non-hydrogen) atoms. The molecule has 2 rings (SSSR count). The topological polar surface area (TPSA) is 103 Å². The van der Waals surface area contributed by atoms with Gasteiger partial charge in [0.05, 0.1) is 17.6 Å². The summed E-state index contributed by atoms with van der Waals surface area (Å²) in [6, 6.07) is 0.992. The van der Waals surface area contributed by atoms with Crippen LogP contribution < -0.4 is 16.8 Å². The summed E-state index contributed by atoms with van der Waals surface area (Å²) in [6.45, 7) is 1.72. The van der Waals surface area contributed by atoms with Gasteiger partial charge in [-0.25, -0.2) is 9.59 Å². The van der Waals surface area contributed by atoms with Crippen molar-refractivity contribution < 1.29 is 9.53 Å². The van der Waals surface area contributed by atoms with E-state index in [4.69, 9.17) is 4.74 Å². The van der Waals surface area contributed by atoms with Crippen LogP contribution in [0.1, 0.15) is 17.3 Å². The number of pyridine rings is 1. The molecule has 0 fully saturated rings. The number of nitrogens with zero attached hydrogens (tertiary/aromatic N) is 2. The van der Waals surface area contributed by atoms with Crippen molar-refractivity contribution in [3.05, 3.63) is 42.8 Å². The van der Waals surface area contributed by atoms with Gasteiger partial charge in [-0.2, -0.15) is 0 Å². The van der Waals surface area contributed by atoms with Crippen LogP contribution in [0, 0.1) is 0 Å². The molecule has 0 bridgehead atoms. The Hall–Kier alpha value is -2.64. The first kappa shape index (κ1) is 13.8. The van der Waals surface area contributed by atoms with Crippen LogP contribution in [-0.2, 0) is 18.8 Å². The summed E-state index contributed by atoms with van der Waals surface area (Å²) >= 11 is 0. The first-order valence-corrected chi connectivity index (χ1v) is 5.88. The van der Waals surface area contributed by atoms with Crippen LogP contribution >= 0.6 is 0 Å². The van der Waals surface area contributed by atoms with Crippen LogP contribution in [0.2, 0.25) is 0 Å². The van der Waals surface area contributed by atoms with E-state index in [1.54, 1.807) is 6.92 Å². The number of rotatable bonds is 2. The molecule has 0 aliphatic rings. The highest BCUT2D eigenvalue weighted by Gasteiger charge is 2.19. The van der Waals surface area contributed by atoms with Crippen molar-refractivity contribution in [1.82, 2.24) is 14.1 Å². The molecule has 8 nitrogen and oxygen atoms in total. The Balaban J connectivity index is 3.05. The molecule has 2 aromatic heterocycles. The predicted molar refractivity (Wildman–Crippen MR) is 71.0 cm³/mol. The molecule has 106 valence electrons. The molecule has 0 atom stereocenters. The van der Waals surface area contributed by atoms with Gasteiger partial charge >= 0.3 is 11.7 Å². The zero-order valence-electron chi connectivity index (χ0n) is 11.2. The molecule has 0 aliphatic heterocycles. The number of aromatic nitrogens is 3. The van der Waals surface area contributed by atoms with Crippen molar-refractivity contribution in [2.45, 2.75) is 6.92 Å². The van der Waals surface area contributed by atoms with E-state index in [0.29, 0.717) is 0 Å². The van der Waals surface area contributed by atoms with Gasteiger partial charge in [-0.05, 0) is 6.92 Å². The van der Waals surface area contributed by atoms with Gasteiger partial charge in [0.1, 0.15) is 5.65 Å². The van der Waals surface area contributed by atoms with Crippen molar-refractivity contribution in [1.29, 1.82) is 0 Å². The number of esters is 1. The van der Waals surface area contributed by atoms with E-state index in [9.17, 15) is 19.2 Å². The van der Waals surface area contributed by atoms with Gasteiger partial charge in [-0.15, -0.1) is 0 Å². The van der Waals surface area contributed by atoms with Gasteiger partial charge in [-0.3, -0.25) is 18.7 Å². The van der Waals surface area contributed by atoms with E-state index in [2.05, 4.69) is 4.98 Å². The second kappa shape index (κ2) is 4.80. The quantitative estimate of drug-likeness (QED) is 0.718. The fourth-order valence-electron chi connectivity index (χ4n) is 1.96. The monoisotopic (exact) mass is 279 g/mol. The van der Waals surface area contributed by atoms with E-state index in [1.165, 1.54) is 14.1 Å². The number of fused-ring (bicyclic) bond motifs is 1. The van der Waals surface area contributed by atoms with Gasteiger partial charge in [-0.1, -0.05) is 0 Å². The van der Waals surface area contributed by atoms with Gasteiger partial charge in [0.15, 0.2) is 0 Å². The summed E-state index contributed by atoms with van der Waals surface area (Å²) in [5.74, 6) is -0.778. The van der Waals surface area contributed by atoms with Crippen molar-refractivity contribution >= 4 is 17.0 Å². The third-order valence-corrected chi connectivity index (χ3v) is 2.95. The number of nitrogens with one attached hydrogen (secondary N) is 1. The van der Waals surface area contributed by atoms with E-state index >= 15 is 0 Å². The highest BCUT2D eigenvalue weighted by molar-refractivity contribution is 6.02. The van der Waals surface area contributed by atoms with Crippen molar-refractivity contribution in [2.75, 3.05) is 6.61 Å². The Morgan fingerprint density at radius 2 is 1.90 bits per heavy atom. The van der Waals surface area contributed by atoms with Crippen LogP contribution in [-0.4, -0.2) is 26.7 Å². The van der Waals surface area contributed by atoms with E-state index < -0.39 is 22.8 Å². The van der Waals surface area contributed by atoms with Crippen molar-refractivity contribution in [3.63, 3.8) is 0 Å². The van der Waals surface area contributed by atoms with E-state index in [0.717, 1.165) is 15.2 Å². The molecule has 0 amide bonds. The fourth-order valence-corrected chi connectivity index (χ4v) is 1.96. The molecule has 0 unspecified atom stereocenters. The molecule has 0 aromatic carbocycles. The first-order valence-electron chi connectivity index (χ1n) is 5.88. The normalized spacial score (nSPS) is 10.8. The second-order valence-electron chi connectivity index (χ2n) is 4.20. The molecule has 0 aliphatic carbocycles. The molecular weight excluding hydrogens is 266 g/mol. The standard InChI is InChI=1S/C12H13N3O5/c1-4-20-11(18)6-5-7(16)13-9-8(6)10(17)15(3)12(19)14(9)2/h5H,4H2,1-3H3,(H,13,16). The van der Waals surface area contributed by atoms with Crippen LogP contribution in [0.4, 0.5) is 0 Å². The highest BCUT2D eigenvalue weighted by atomic mass is 16.5. The number of carbonyl (C=O) groups excluding carboxylic acids is 1. The highest BCUT2D eigenvalue weighted by Crippen LogP contribution is 2.10. The zero-order chi connectivity index (χ0) is 15.0. The minimum Gasteiger partial charge on any atom is -0.462 e. The maximum absolute atomic E-state index is 12.2. The number of aryl methyl sites for hydroxylation is 1. The van der Waals surface area contributed by atoms with Gasteiger partial charge in [0.2, 0.25) is 5.56 Å². The van der Waals surface area contributed by atoms with Crippen LogP contribution in [0.5, 0.6) is 0 Å². The minimum atomic E-state index is -0.778. The number of carbonyl (C=O) groups is 1. The Bertz CT molecular complexity index is 872. The van der Waals surface area contributed by atoms with Crippen LogP contribution in [0.15, 0.2) is 20.4 Å². The van der Waals surface area contributed by atoms with Crippen LogP contribution in [0.3, 0.4) is 0 Å². The van der Waals surface area contributed by atoms with Gasteiger partial charge in [0, 0.05) is 20.2 Å². The Morgan fingerprint density at radius 3 is 2.50 bits per heavy atom. The molecule has 2 aromatic rings. The van der Waals surface area contributed by atoms with Crippen molar-refractivity contribution in [3.8, 4) is 0 Å². The number of ether oxygens (including phenoxy) is 1. The Morgan fingerprint density at radius 1 is 1.25 bits per heavy atom. The second-order valence-corrected chi connectivity index (χ2v) is 4.20. The lowest BCUT2D eigenvalue weighted by Crippen LogP contribution is -2.39. The smallest absolute Gasteiger partial charge is 0.339 e. The Kier molecular flexibility index (Phi) is 3.31. The summed E-state index contributed by atoms with van der Waals surface area (Å²) in [4.78, 5) is 49.8. The molecule has 0 spiro atoms. The average molecular weight is 279 g/mol. The maximum Gasteiger partial charge on any atom is 0.339 e. The van der Waals surface area contributed by atoms with Gasteiger partial charge < -0.3 is 9.72 Å². The largest absolute Gasteiger partial charge is 0.462 e. The Labute approximate surface area is 112 Å². The molecule has 8 heteroatoms. The lowest BCUT2D eigenvalue weighted by Gasteiger charge is -2.09. The molecule has 0 saturated carbocycles. The number of hydrogen-bond acceptors (Lipinski definition) is 5.